The predicted octanol–water partition coefficient (Wildman–Crippen LogP) is 3.71. The Morgan fingerprint density at radius 1 is 1.28 bits per heavy atom. The van der Waals surface area contributed by atoms with Crippen LogP contribution in [0, 0.1) is 6.92 Å². The second-order valence-corrected chi connectivity index (χ2v) is 9.73. The van der Waals surface area contributed by atoms with E-state index in [9.17, 15) is 5.11 Å². The molecule has 8 nitrogen and oxygen atoms in total. The average molecular weight is 458 g/mol. The molecule has 0 spiro atoms. The Morgan fingerprint density at radius 3 is 2.91 bits per heavy atom. The summed E-state index contributed by atoms with van der Waals surface area (Å²) in [6.07, 6.45) is 3.24. The van der Waals surface area contributed by atoms with Gasteiger partial charge in [-0.05, 0) is 75.7 Å². The smallest absolute Gasteiger partial charge is 0.150 e. The van der Waals surface area contributed by atoms with Crippen LogP contribution in [0.15, 0.2) is 12.1 Å². The molecular formula is C23H31N5O3S. The standard InChI is InChI=1S/C23H31N5O3S/c1-14-10-18(28(25-14)20-6-4-5-8-31-20)21-22-23(32-26-21)17(11-16(3)29)12-19(24-22)27-7-9-30-13-15(27)2/h10,12,15-16,20,29H,4-9,11,13H2,1-3H3/t15-,16?,20?/m1/s1. The average Bonchev–Trinajstić information content (AvgIpc) is 3.37. The number of anilines is 1. The number of aryl methyl sites for hydroxylation is 1. The maximum absolute atomic E-state index is 10.2. The van der Waals surface area contributed by atoms with Crippen molar-refractivity contribution >= 4 is 27.6 Å². The molecule has 0 amide bonds. The van der Waals surface area contributed by atoms with Crippen LogP contribution in [-0.2, 0) is 15.9 Å². The number of rotatable bonds is 5. The number of hydrogen-bond acceptors (Lipinski definition) is 8. The number of ether oxygens (including phenoxy) is 2. The zero-order chi connectivity index (χ0) is 22.2. The third-order valence-corrected chi connectivity index (χ3v) is 7.11. The molecule has 5 heterocycles. The van der Waals surface area contributed by atoms with Crippen molar-refractivity contribution in [2.24, 2.45) is 0 Å². The van der Waals surface area contributed by atoms with Crippen molar-refractivity contribution < 1.29 is 14.6 Å². The van der Waals surface area contributed by atoms with Gasteiger partial charge in [-0.1, -0.05) is 0 Å². The van der Waals surface area contributed by atoms with Crippen LogP contribution < -0.4 is 4.90 Å². The molecule has 3 aromatic heterocycles. The molecule has 0 aromatic carbocycles. The second-order valence-electron chi connectivity index (χ2n) is 8.96. The Morgan fingerprint density at radius 2 is 2.16 bits per heavy atom. The highest BCUT2D eigenvalue weighted by Gasteiger charge is 2.27. The third-order valence-electron chi connectivity index (χ3n) is 6.20. The highest BCUT2D eigenvalue weighted by molar-refractivity contribution is 7.13. The lowest BCUT2D eigenvalue weighted by Crippen LogP contribution is -2.44. The van der Waals surface area contributed by atoms with Gasteiger partial charge in [0.05, 0.1) is 41.4 Å². The number of pyridine rings is 1. The largest absolute Gasteiger partial charge is 0.393 e. The molecule has 0 radical (unpaired) electrons. The van der Waals surface area contributed by atoms with Gasteiger partial charge in [0.15, 0.2) is 6.23 Å². The summed E-state index contributed by atoms with van der Waals surface area (Å²) in [6.45, 7) is 8.92. The van der Waals surface area contributed by atoms with Crippen molar-refractivity contribution in [2.45, 2.75) is 64.8 Å². The van der Waals surface area contributed by atoms with Gasteiger partial charge in [-0.25, -0.2) is 9.67 Å². The zero-order valence-electron chi connectivity index (χ0n) is 19.0. The third kappa shape index (κ3) is 4.14. The predicted molar refractivity (Wildman–Crippen MR) is 125 cm³/mol. The monoisotopic (exact) mass is 457 g/mol. The van der Waals surface area contributed by atoms with E-state index in [1.54, 1.807) is 0 Å². The van der Waals surface area contributed by atoms with E-state index in [0.29, 0.717) is 19.6 Å². The van der Waals surface area contributed by atoms with E-state index in [0.717, 1.165) is 71.1 Å². The number of aromatic nitrogens is 4. The van der Waals surface area contributed by atoms with Crippen LogP contribution in [0.5, 0.6) is 0 Å². The van der Waals surface area contributed by atoms with Gasteiger partial charge in [-0.3, -0.25) is 0 Å². The molecule has 0 aliphatic carbocycles. The van der Waals surface area contributed by atoms with Gasteiger partial charge in [-0.2, -0.15) is 9.47 Å². The maximum atomic E-state index is 10.2. The Hall–Kier alpha value is -2.07. The number of morpholine rings is 1. The van der Waals surface area contributed by atoms with E-state index in [4.69, 9.17) is 23.9 Å². The lowest BCUT2D eigenvalue weighted by molar-refractivity contribution is -0.0385. The van der Waals surface area contributed by atoms with Gasteiger partial charge >= 0.3 is 0 Å². The minimum atomic E-state index is -0.440. The molecule has 3 aromatic rings. The molecular weight excluding hydrogens is 426 g/mol. The highest BCUT2D eigenvalue weighted by atomic mass is 32.1. The summed E-state index contributed by atoms with van der Waals surface area (Å²) in [5.74, 6) is 0.919. The van der Waals surface area contributed by atoms with E-state index in [1.165, 1.54) is 11.5 Å². The molecule has 2 fully saturated rings. The van der Waals surface area contributed by atoms with E-state index < -0.39 is 6.10 Å². The number of aliphatic hydroxyl groups excluding tert-OH is 1. The topological polar surface area (TPSA) is 85.5 Å². The van der Waals surface area contributed by atoms with Crippen LogP contribution >= 0.6 is 11.5 Å². The summed E-state index contributed by atoms with van der Waals surface area (Å²) in [6, 6.07) is 4.43. The lowest BCUT2D eigenvalue weighted by atomic mass is 10.1. The van der Waals surface area contributed by atoms with Gasteiger partial charge in [0, 0.05) is 13.2 Å². The SMILES string of the molecule is Cc1cc(-c2nsc3c(CC(C)O)cc(N4CCOC[C@H]4C)nc23)n(C2CCCCO2)n1. The van der Waals surface area contributed by atoms with Crippen LogP contribution in [-0.4, -0.2) is 62.8 Å². The molecule has 2 saturated heterocycles. The van der Waals surface area contributed by atoms with Crippen LogP contribution in [0.1, 0.15) is 50.6 Å². The van der Waals surface area contributed by atoms with E-state index in [-0.39, 0.29) is 12.3 Å². The number of hydrogen-bond donors (Lipinski definition) is 1. The zero-order valence-corrected chi connectivity index (χ0v) is 19.8. The first-order valence-electron chi connectivity index (χ1n) is 11.5. The summed E-state index contributed by atoms with van der Waals surface area (Å²) < 4.78 is 19.5. The molecule has 0 saturated carbocycles. The molecule has 9 heteroatoms. The molecule has 32 heavy (non-hydrogen) atoms. The van der Waals surface area contributed by atoms with E-state index >= 15 is 0 Å². The molecule has 172 valence electrons. The van der Waals surface area contributed by atoms with Crippen LogP contribution in [0.2, 0.25) is 0 Å². The first-order chi connectivity index (χ1) is 15.5. The van der Waals surface area contributed by atoms with Crippen molar-refractivity contribution in [2.75, 3.05) is 31.3 Å². The minimum Gasteiger partial charge on any atom is -0.393 e. The van der Waals surface area contributed by atoms with Crippen molar-refractivity contribution in [3.05, 3.63) is 23.4 Å². The molecule has 2 aliphatic heterocycles. The van der Waals surface area contributed by atoms with Gasteiger partial charge < -0.3 is 19.5 Å². The minimum absolute atomic E-state index is 0.0661. The van der Waals surface area contributed by atoms with E-state index in [2.05, 4.69) is 24.0 Å². The first kappa shape index (κ1) is 21.8. The van der Waals surface area contributed by atoms with Crippen molar-refractivity contribution in [1.82, 2.24) is 19.1 Å². The summed E-state index contributed by atoms with van der Waals surface area (Å²) in [7, 11) is 0. The van der Waals surface area contributed by atoms with Gasteiger partial charge in [-0.15, -0.1) is 0 Å². The fourth-order valence-electron chi connectivity index (χ4n) is 4.65. The second kappa shape index (κ2) is 9.05. The van der Waals surface area contributed by atoms with E-state index in [1.807, 2.05) is 18.5 Å². The first-order valence-corrected chi connectivity index (χ1v) is 12.3. The Kier molecular flexibility index (Phi) is 6.16. The quantitative estimate of drug-likeness (QED) is 0.625. The summed E-state index contributed by atoms with van der Waals surface area (Å²) >= 11 is 1.45. The molecule has 1 N–H and O–H groups in total. The van der Waals surface area contributed by atoms with Gasteiger partial charge in [0.25, 0.3) is 0 Å². The van der Waals surface area contributed by atoms with Crippen LogP contribution in [0.25, 0.3) is 21.6 Å². The maximum Gasteiger partial charge on any atom is 0.150 e. The molecule has 3 atom stereocenters. The number of fused-ring (bicyclic) bond motifs is 1. The Bertz CT molecular complexity index is 1090. The number of nitrogens with zero attached hydrogens (tertiary/aromatic N) is 5. The molecule has 2 aliphatic rings. The lowest BCUT2D eigenvalue weighted by Gasteiger charge is -2.34. The highest BCUT2D eigenvalue weighted by Crippen LogP contribution is 2.37. The van der Waals surface area contributed by atoms with Crippen molar-refractivity contribution in [3.63, 3.8) is 0 Å². The fraction of sp³-hybridized carbons (Fsp3) is 0.609. The summed E-state index contributed by atoms with van der Waals surface area (Å²) in [5, 5.41) is 14.9. The Labute approximate surface area is 192 Å². The molecule has 5 rings (SSSR count). The van der Waals surface area contributed by atoms with Crippen molar-refractivity contribution in [3.8, 4) is 11.4 Å². The summed E-state index contributed by atoms with van der Waals surface area (Å²) in [4.78, 5) is 7.40. The Balaban J connectivity index is 1.64. The summed E-state index contributed by atoms with van der Waals surface area (Å²) in [5.41, 5.74) is 4.69. The number of aliphatic hydroxyl groups is 1. The van der Waals surface area contributed by atoms with Crippen LogP contribution in [0.4, 0.5) is 5.82 Å². The van der Waals surface area contributed by atoms with Crippen LogP contribution in [0.3, 0.4) is 0 Å². The van der Waals surface area contributed by atoms with Gasteiger partial charge in [0.1, 0.15) is 17.0 Å². The van der Waals surface area contributed by atoms with Crippen molar-refractivity contribution in [1.29, 1.82) is 0 Å². The molecule has 0 bridgehead atoms. The molecule has 2 unspecified atom stereocenters. The normalized spacial score (nSPS) is 23.1. The van der Waals surface area contributed by atoms with Gasteiger partial charge in [0.2, 0.25) is 0 Å². The fourth-order valence-corrected chi connectivity index (χ4v) is 5.50.